The molecule has 0 bridgehead atoms. The first kappa shape index (κ1) is 13.2. The maximum atomic E-state index is 12.3. The molecule has 2 saturated heterocycles. The van der Waals surface area contributed by atoms with E-state index in [9.17, 15) is 9.59 Å². The number of amides is 2. The Hall–Kier alpha value is -1.78. The summed E-state index contributed by atoms with van der Waals surface area (Å²) < 4.78 is 5.14. The van der Waals surface area contributed by atoms with Crippen LogP contribution in [-0.2, 0) is 4.79 Å². The first-order valence-corrected chi connectivity index (χ1v) is 7.37. The number of carbonyl (C=O) groups is 2. The standard InChI is InChI=1S/C15H20N2O3/c18-14(16-7-1-2-8-16)12-5-9-17(10-6-12)15(19)13-4-3-11-20-13/h3-4,11-12H,1-2,5-10H2. The molecule has 2 aliphatic heterocycles. The van der Waals surface area contributed by atoms with Crippen molar-refractivity contribution in [1.82, 2.24) is 9.80 Å². The molecular formula is C15H20N2O3. The van der Waals surface area contributed by atoms with E-state index >= 15 is 0 Å². The summed E-state index contributed by atoms with van der Waals surface area (Å²) in [6.07, 6.45) is 5.30. The summed E-state index contributed by atoms with van der Waals surface area (Å²) in [5.41, 5.74) is 0. The van der Waals surface area contributed by atoms with Gasteiger partial charge in [0.2, 0.25) is 5.91 Å². The average Bonchev–Trinajstić information content (AvgIpc) is 3.18. The topological polar surface area (TPSA) is 53.8 Å². The molecule has 0 atom stereocenters. The number of carbonyl (C=O) groups excluding carboxylic acids is 2. The van der Waals surface area contributed by atoms with Gasteiger partial charge in [-0.3, -0.25) is 9.59 Å². The number of likely N-dealkylation sites (tertiary alicyclic amines) is 2. The molecule has 0 radical (unpaired) electrons. The second-order valence-electron chi connectivity index (χ2n) is 5.58. The predicted octanol–water partition coefficient (Wildman–Crippen LogP) is 1.75. The van der Waals surface area contributed by atoms with Crippen molar-refractivity contribution in [2.45, 2.75) is 25.7 Å². The van der Waals surface area contributed by atoms with Crippen molar-refractivity contribution in [3.05, 3.63) is 24.2 Å². The maximum Gasteiger partial charge on any atom is 0.289 e. The molecule has 3 heterocycles. The molecular weight excluding hydrogens is 256 g/mol. The Balaban J connectivity index is 1.54. The molecule has 2 amide bonds. The zero-order valence-corrected chi connectivity index (χ0v) is 11.6. The fourth-order valence-corrected chi connectivity index (χ4v) is 3.08. The van der Waals surface area contributed by atoms with Crippen LogP contribution >= 0.6 is 0 Å². The number of furan rings is 1. The van der Waals surface area contributed by atoms with Crippen molar-refractivity contribution in [2.24, 2.45) is 5.92 Å². The summed E-state index contributed by atoms with van der Waals surface area (Å²) in [5.74, 6) is 0.692. The van der Waals surface area contributed by atoms with Crippen LogP contribution in [0.5, 0.6) is 0 Å². The minimum atomic E-state index is -0.0675. The van der Waals surface area contributed by atoms with Crippen molar-refractivity contribution in [2.75, 3.05) is 26.2 Å². The van der Waals surface area contributed by atoms with Gasteiger partial charge < -0.3 is 14.2 Å². The highest BCUT2D eigenvalue weighted by molar-refractivity contribution is 5.91. The minimum Gasteiger partial charge on any atom is -0.459 e. The quantitative estimate of drug-likeness (QED) is 0.827. The summed E-state index contributed by atoms with van der Waals surface area (Å²) in [6.45, 7) is 3.10. The van der Waals surface area contributed by atoms with Gasteiger partial charge in [-0.15, -0.1) is 0 Å². The van der Waals surface area contributed by atoms with Gasteiger partial charge >= 0.3 is 0 Å². The fraction of sp³-hybridized carbons (Fsp3) is 0.600. The van der Waals surface area contributed by atoms with E-state index in [0.29, 0.717) is 18.8 Å². The summed E-state index contributed by atoms with van der Waals surface area (Å²) in [7, 11) is 0. The second kappa shape index (κ2) is 5.69. The third-order valence-electron chi connectivity index (χ3n) is 4.28. The Kier molecular flexibility index (Phi) is 3.76. The minimum absolute atomic E-state index is 0.0675. The number of hydrogen-bond donors (Lipinski definition) is 0. The molecule has 3 rings (SSSR count). The number of nitrogens with zero attached hydrogens (tertiary/aromatic N) is 2. The van der Waals surface area contributed by atoms with E-state index in [2.05, 4.69) is 0 Å². The van der Waals surface area contributed by atoms with Crippen molar-refractivity contribution in [1.29, 1.82) is 0 Å². The van der Waals surface area contributed by atoms with Crippen LogP contribution in [0.2, 0.25) is 0 Å². The Morgan fingerprint density at radius 3 is 2.35 bits per heavy atom. The van der Waals surface area contributed by atoms with Gasteiger partial charge in [0.15, 0.2) is 5.76 Å². The van der Waals surface area contributed by atoms with E-state index in [1.807, 2.05) is 4.90 Å². The monoisotopic (exact) mass is 276 g/mol. The normalized spacial score (nSPS) is 20.4. The summed E-state index contributed by atoms with van der Waals surface area (Å²) >= 11 is 0. The average molecular weight is 276 g/mol. The Bertz CT molecular complexity index is 469. The Labute approximate surface area is 118 Å². The zero-order valence-electron chi connectivity index (χ0n) is 11.6. The lowest BCUT2D eigenvalue weighted by atomic mass is 9.95. The SMILES string of the molecule is O=C(c1ccco1)N1CCC(C(=O)N2CCCC2)CC1. The molecule has 0 N–H and O–H groups in total. The number of hydrogen-bond acceptors (Lipinski definition) is 3. The van der Waals surface area contributed by atoms with Crippen LogP contribution in [0.3, 0.4) is 0 Å². The van der Waals surface area contributed by atoms with Crippen molar-refractivity contribution < 1.29 is 14.0 Å². The number of piperidine rings is 1. The smallest absolute Gasteiger partial charge is 0.289 e. The van der Waals surface area contributed by atoms with Crippen LogP contribution in [0.1, 0.15) is 36.2 Å². The first-order valence-electron chi connectivity index (χ1n) is 7.37. The van der Waals surface area contributed by atoms with Gasteiger partial charge in [0.05, 0.1) is 6.26 Å². The molecule has 0 aliphatic carbocycles. The fourth-order valence-electron chi connectivity index (χ4n) is 3.08. The van der Waals surface area contributed by atoms with Crippen LogP contribution in [0.25, 0.3) is 0 Å². The molecule has 20 heavy (non-hydrogen) atoms. The lowest BCUT2D eigenvalue weighted by Crippen LogP contribution is -2.43. The molecule has 0 aromatic carbocycles. The van der Waals surface area contributed by atoms with Crippen LogP contribution < -0.4 is 0 Å². The molecule has 0 spiro atoms. The van der Waals surface area contributed by atoms with Crippen LogP contribution in [0.15, 0.2) is 22.8 Å². The molecule has 5 nitrogen and oxygen atoms in total. The van der Waals surface area contributed by atoms with Crippen molar-refractivity contribution >= 4 is 11.8 Å². The molecule has 1 aromatic heterocycles. The lowest BCUT2D eigenvalue weighted by Gasteiger charge is -2.32. The van der Waals surface area contributed by atoms with Gasteiger partial charge in [-0.25, -0.2) is 0 Å². The lowest BCUT2D eigenvalue weighted by molar-refractivity contribution is -0.135. The van der Waals surface area contributed by atoms with Gasteiger partial charge in [0.1, 0.15) is 0 Å². The largest absolute Gasteiger partial charge is 0.459 e. The molecule has 108 valence electrons. The van der Waals surface area contributed by atoms with Crippen molar-refractivity contribution in [3.63, 3.8) is 0 Å². The van der Waals surface area contributed by atoms with Gasteiger partial charge in [-0.1, -0.05) is 0 Å². The maximum absolute atomic E-state index is 12.3. The summed E-state index contributed by atoms with van der Waals surface area (Å²) in [5, 5.41) is 0. The molecule has 2 aliphatic rings. The highest BCUT2D eigenvalue weighted by atomic mass is 16.3. The molecule has 0 saturated carbocycles. The molecule has 5 heteroatoms. The highest BCUT2D eigenvalue weighted by Crippen LogP contribution is 2.23. The predicted molar refractivity (Wildman–Crippen MR) is 73.1 cm³/mol. The number of rotatable bonds is 2. The molecule has 0 unspecified atom stereocenters. The van der Waals surface area contributed by atoms with E-state index in [0.717, 1.165) is 38.8 Å². The summed E-state index contributed by atoms with van der Waals surface area (Å²) in [4.78, 5) is 28.2. The Morgan fingerprint density at radius 2 is 1.75 bits per heavy atom. The van der Waals surface area contributed by atoms with Gasteiger partial charge in [0, 0.05) is 32.1 Å². The molecule has 1 aromatic rings. The third kappa shape index (κ3) is 2.57. The van der Waals surface area contributed by atoms with E-state index in [4.69, 9.17) is 4.42 Å². The summed E-state index contributed by atoms with van der Waals surface area (Å²) in [6, 6.07) is 3.40. The molecule has 2 fully saturated rings. The zero-order chi connectivity index (χ0) is 13.9. The highest BCUT2D eigenvalue weighted by Gasteiger charge is 2.31. The van der Waals surface area contributed by atoms with Crippen LogP contribution in [-0.4, -0.2) is 47.8 Å². The van der Waals surface area contributed by atoms with Crippen LogP contribution in [0.4, 0.5) is 0 Å². The van der Waals surface area contributed by atoms with E-state index in [1.165, 1.54) is 6.26 Å². The van der Waals surface area contributed by atoms with Gasteiger partial charge in [-0.2, -0.15) is 0 Å². The first-order chi connectivity index (χ1) is 9.75. The van der Waals surface area contributed by atoms with E-state index in [1.54, 1.807) is 17.0 Å². The van der Waals surface area contributed by atoms with Gasteiger partial charge in [-0.05, 0) is 37.8 Å². The Morgan fingerprint density at radius 1 is 1.05 bits per heavy atom. The van der Waals surface area contributed by atoms with Gasteiger partial charge in [0.25, 0.3) is 5.91 Å². The van der Waals surface area contributed by atoms with Crippen LogP contribution in [0, 0.1) is 5.92 Å². The third-order valence-corrected chi connectivity index (χ3v) is 4.28. The van der Waals surface area contributed by atoms with E-state index in [-0.39, 0.29) is 17.7 Å². The second-order valence-corrected chi connectivity index (χ2v) is 5.58. The van der Waals surface area contributed by atoms with Crippen molar-refractivity contribution in [3.8, 4) is 0 Å². The van der Waals surface area contributed by atoms with E-state index < -0.39 is 0 Å².